The Morgan fingerprint density at radius 1 is 1.60 bits per heavy atom. The summed E-state index contributed by atoms with van der Waals surface area (Å²) in [5.41, 5.74) is 0. The lowest BCUT2D eigenvalue weighted by atomic mass is 9.99. The van der Waals surface area contributed by atoms with Crippen LogP contribution in [0.1, 0.15) is 19.8 Å². The van der Waals surface area contributed by atoms with Crippen molar-refractivity contribution in [1.29, 1.82) is 0 Å². The highest BCUT2D eigenvalue weighted by molar-refractivity contribution is 5.87. The van der Waals surface area contributed by atoms with Crippen LogP contribution in [0, 0.1) is 11.8 Å². The summed E-state index contributed by atoms with van der Waals surface area (Å²) in [6, 6.07) is 0. The smallest absolute Gasteiger partial charge is 0.307 e. The van der Waals surface area contributed by atoms with Gasteiger partial charge < -0.3 is 5.11 Å². The standard InChI is InChI=1S/C7H10O3/c1-4-2-5(8)3-6(4)7(9)10/h4,6H,2-3H2,1H3,(H,9,10). The Balaban J connectivity index is 2.63. The van der Waals surface area contributed by atoms with Gasteiger partial charge in [0.05, 0.1) is 5.92 Å². The minimum Gasteiger partial charge on any atom is -0.481 e. The first-order chi connectivity index (χ1) is 4.61. The van der Waals surface area contributed by atoms with Gasteiger partial charge in [-0.2, -0.15) is 0 Å². The van der Waals surface area contributed by atoms with E-state index in [1.807, 2.05) is 6.92 Å². The highest BCUT2D eigenvalue weighted by Crippen LogP contribution is 2.28. The molecule has 1 fully saturated rings. The number of hydrogen-bond acceptors (Lipinski definition) is 2. The zero-order valence-corrected chi connectivity index (χ0v) is 5.83. The molecule has 10 heavy (non-hydrogen) atoms. The summed E-state index contributed by atoms with van der Waals surface area (Å²) in [6.45, 7) is 1.81. The minimum atomic E-state index is -0.835. The van der Waals surface area contributed by atoms with Gasteiger partial charge in [-0.25, -0.2) is 0 Å². The van der Waals surface area contributed by atoms with Gasteiger partial charge in [-0.15, -0.1) is 0 Å². The van der Waals surface area contributed by atoms with Gasteiger partial charge >= 0.3 is 5.97 Å². The molecular weight excluding hydrogens is 132 g/mol. The summed E-state index contributed by atoms with van der Waals surface area (Å²) in [4.78, 5) is 21.1. The molecule has 0 aromatic carbocycles. The Kier molecular flexibility index (Phi) is 1.74. The van der Waals surface area contributed by atoms with Crippen LogP contribution in [0.15, 0.2) is 0 Å². The summed E-state index contributed by atoms with van der Waals surface area (Å²) >= 11 is 0. The lowest BCUT2D eigenvalue weighted by Crippen LogP contribution is -2.15. The Morgan fingerprint density at radius 2 is 2.20 bits per heavy atom. The second-order valence-corrected chi connectivity index (χ2v) is 2.87. The monoisotopic (exact) mass is 142 g/mol. The molecule has 0 heterocycles. The van der Waals surface area contributed by atoms with Gasteiger partial charge in [0.15, 0.2) is 0 Å². The molecule has 0 aromatic heterocycles. The van der Waals surface area contributed by atoms with Gasteiger partial charge in [0.2, 0.25) is 0 Å². The number of carboxylic acids is 1. The van der Waals surface area contributed by atoms with E-state index in [9.17, 15) is 9.59 Å². The van der Waals surface area contributed by atoms with Crippen LogP contribution in [0.4, 0.5) is 0 Å². The second kappa shape index (κ2) is 2.40. The Morgan fingerprint density at radius 3 is 2.40 bits per heavy atom. The number of aliphatic carboxylic acids is 1. The number of rotatable bonds is 1. The number of carbonyl (C=O) groups excluding carboxylic acids is 1. The molecule has 0 spiro atoms. The lowest BCUT2D eigenvalue weighted by molar-refractivity contribution is -0.143. The lowest BCUT2D eigenvalue weighted by Gasteiger charge is -2.06. The first kappa shape index (κ1) is 7.25. The first-order valence-electron chi connectivity index (χ1n) is 3.35. The van der Waals surface area contributed by atoms with Crippen molar-refractivity contribution in [2.45, 2.75) is 19.8 Å². The molecule has 1 aliphatic rings. The summed E-state index contributed by atoms with van der Waals surface area (Å²) in [5, 5.41) is 8.55. The SMILES string of the molecule is CC1CC(=O)CC1C(=O)O. The highest BCUT2D eigenvalue weighted by Gasteiger charge is 2.34. The van der Waals surface area contributed by atoms with Gasteiger partial charge in [0, 0.05) is 12.8 Å². The number of hydrogen-bond donors (Lipinski definition) is 1. The van der Waals surface area contributed by atoms with Crippen LogP contribution in [0.5, 0.6) is 0 Å². The van der Waals surface area contributed by atoms with Crippen LogP contribution in [0.2, 0.25) is 0 Å². The molecule has 1 saturated carbocycles. The molecule has 0 saturated heterocycles. The van der Waals surface area contributed by atoms with Crippen molar-refractivity contribution >= 4 is 11.8 Å². The Bertz CT molecular complexity index is 174. The van der Waals surface area contributed by atoms with E-state index in [1.54, 1.807) is 0 Å². The molecule has 0 aliphatic heterocycles. The molecule has 0 bridgehead atoms. The molecule has 1 aliphatic carbocycles. The van der Waals surface area contributed by atoms with E-state index >= 15 is 0 Å². The fourth-order valence-electron chi connectivity index (χ4n) is 1.36. The van der Waals surface area contributed by atoms with E-state index in [1.165, 1.54) is 0 Å². The average Bonchev–Trinajstić information content (AvgIpc) is 2.10. The van der Waals surface area contributed by atoms with Crippen molar-refractivity contribution in [3.63, 3.8) is 0 Å². The number of carboxylic acid groups (broad SMARTS) is 1. The van der Waals surface area contributed by atoms with E-state index in [0.717, 1.165) is 0 Å². The maximum atomic E-state index is 10.7. The normalized spacial score (nSPS) is 32.7. The van der Waals surface area contributed by atoms with Crippen molar-refractivity contribution in [2.24, 2.45) is 11.8 Å². The second-order valence-electron chi connectivity index (χ2n) is 2.87. The summed E-state index contributed by atoms with van der Waals surface area (Å²) in [5.74, 6) is -1.14. The first-order valence-corrected chi connectivity index (χ1v) is 3.35. The van der Waals surface area contributed by atoms with Crippen LogP contribution >= 0.6 is 0 Å². The van der Waals surface area contributed by atoms with Gasteiger partial charge in [-0.05, 0) is 5.92 Å². The van der Waals surface area contributed by atoms with Gasteiger partial charge in [0.25, 0.3) is 0 Å². The summed E-state index contributed by atoms with van der Waals surface area (Å²) < 4.78 is 0. The third kappa shape index (κ3) is 1.17. The molecule has 56 valence electrons. The van der Waals surface area contributed by atoms with Crippen LogP contribution in [0.25, 0.3) is 0 Å². The predicted molar refractivity (Wildman–Crippen MR) is 34.5 cm³/mol. The average molecular weight is 142 g/mol. The van der Waals surface area contributed by atoms with Crippen LogP contribution in [-0.4, -0.2) is 16.9 Å². The van der Waals surface area contributed by atoms with Crippen LogP contribution in [-0.2, 0) is 9.59 Å². The van der Waals surface area contributed by atoms with E-state index in [4.69, 9.17) is 5.11 Å². The van der Waals surface area contributed by atoms with Gasteiger partial charge in [-0.3, -0.25) is 9.59 Å². The molecule has 2 unspecified atom stereocenters. The predicted octanol–water partition coefficient (Wildman–Crippen LogP) is 0.686. The third-order valence-electron chi connectivity index (χ3n) is 2.00. The van der Waals surface area contributed by atoms with Crippen molar-refractivity contribution < 1.29 is 14.7 Å². The van der Waals surface area contributed by atoms with Crippen molar-refractivity contribution in [2.75, 3.05) is 0 Å². The molecule has 3 nitrogen and oxygen atoms in total. The Labute approximate surface area is 59.0 Å². The summed E-state index contributed by atoms with van der Waals surface area (Å²) in [7, 11) is 0. The van der Waals surface area contributed by atoms with Gasteiger partial charge in [0.1, 0.15) is 5.78 Å². The maximum absolute atomic E-state index is 10.7. The molecule has 0 aromatic rings. The summed E-state index contributed by atoms with van der Waals surface area (Å²) in [6.07, 6.45) is 0.674. The quantitative estimate of drug-likeness (QED) is 0.586. The zero-order chi connectivity index (χ0) is 7.72. The fourth-order valence-corrected chi connectivity index (χ4v) is 1.36. The van der Waals surface area contributed by atoms with Crippen LogP contribution < -0.4 is 0 Å². The van der Waals surface area contributed by atoms with Crippen LogP contribution in [0.3, 0.4) is 0 Å². The molecule has 0 amide bonds. The van der Waals surface area contributed by atoms with Crippen molar-refractivity contribution in [3.8, 4) is 0 Å². The van der Waals surface area contributed by atoms with Gasteiger partial charge in [-0.1, -0.05) is 6.92 Å². The molecule has 3 heteroatoms. The molecule has 2 atom stereocenters. The topological polar surface area (TPSA) is 54.4 Å². The number of ketones is 1. The van der Waals surface area contributed by atoms with Crippen molar-refractivity contribution in [3.05, 3.63) is 0 Å². The Hall–Kier alpha value is -0.860. The van der Waals surface area contributed by atoms with E-state index < -0.39 is 11.9 Å². The fraction of sp³-hybridized carbons (Fsp3) is 0.714. The molecular formula is C7H10O3. The third-order valence-corrected chi connectivity index (χ3v) is 2.00. The molecule has 0 radical (unpaired) electrons. The van der Waals surface area contributed by atoms with E-state index in [0.29, 0.717) is 6.42 Å². The minimum absolute atomic E-state index is 0.0324. The highest BCUT2D eigenvalue weighted by atomic mass is 16.4. The molecule has 1 rings (SSSR count). The largest absolute Gasteiger partial charge is 0.481 e. The maximum Gasteiger partial charge on any atom is 0.307 e. The zero-order valence-electron chi connectivity index (χ0n) is 5.83. The molecule has 1 N–H and O–H groups in total. The van der Waals surface area contributed by atoms with E-state index in [2.05, 4.69) is 0 Å². The number of carbonyl (C=O) groups is 2. The van der Waals surface area contributed by atoms with E-state index in [-0.39, 0.29) is 18.1 Å². The number of Topliss-reactive ketones (excluding diaryl/α,β-unsaturated/α-hetero) is 1. The van der Waals surface area contributed by atoms with Crippen molar-refractivity contribution in [1.82, 2.24) is 0 Å².